The molecule has 2 aliphatic rings. The zero-order valence-electron chi connectivity index (χ0n) is 27.4. The number of halogens is 1. The molecule has 15 heteroatoms. The molecule has 260 valence electrons. The fourth-order valence-corrected chi connectivity index (χ4v) is 7.18. The van der Waals surface area contributed by atoms with E-state index < -0.39 is 22.1 Å². The van der Waals surface area contributed by atoms with Gasteiger partial charge in [0.2, 0.25) is 5.43 Å². The van der Waals surface area contributed by atoms with Crippen molar-refractivity contribution >= 4 is 67.1 Å². The van der Waals surface area contributed by atoms with Gasteiger partial charge in [-0.15, -0.1) is 0 Å². The highest BCUT2D eigenvalue weighted by Crippen LogP contribution is 2.35. The number of non-ortho nitro benzene ring substituents is 1. The largest absolute Gasteiger partial charge is 0.453 e. The van der Waals surface area contributed by atoms with Crippen molar-refractivity contribution in [3.63, 3.8) is 0 Å². The molecule has 1 unspecified atom stereocenters. The Hall–Kier alpha value is -5.25. The van der Waals surface area contributed by atoms with Crippen molar-refractivity contribution < 1.29 is 27.7 Å². The van der Waals surface area contributed by atoms with E-state index in [2.05, 4.69) is 32.5 Å². The van der Waals surface area contributed by atoms with E-state index in [0.717, 1.165) is 45.0 Å². The number of likely N-dealkylation sites (tertiary alicyclic amines) is 1. The number of morpholine rings is 1. The first-order valence-electron chi connectivity index (χ1n) is 16.8. The number of nitro benzene ring substituents is 1. The van der Waals surface area contributed by atoms with Crippen molar-refractivity contribution in [2.75, 3.05) is 64.8 Å². The molecule has 50 heavy (non-hydrogen) atoms. The number of fused-ring (bicyclic) bond motifs is 4. The number of aromatic amines is 1. The molecule has 14 nitrogen and oxygen atoms in total. The van der Waals surface area contributed by atoms with Gasteiger partial charge in [-0.1, -0.05) is 0 Å². The quantitative estimate of drug-likeness (QED) is 0.0818. The van der Waals surface area contributed by atoms with E-state index >= 15 is 4.39 Å². The summed E-state index contributed by atoms with van der Waals surface area (Å²) >= 11 is 0. The molecule has 2 saturated heterocycles. The highest BCUT2D eigenvalue weighted by Gasteiger charge is 2.25. The molecule has 0 radical (unpaired) electrons. The topological polar surface area (TPSA) is 164 Å². The maximum Gasteiger partial charge on any atom is 0.273 e. The molecule has 0 spiro atoms. The summed E-state index contributed by atoms with van der Waals surface area (Å²) < 4.78 is 35.6. The summed E-state index contributed by atoms with van der Waals surface area (Å²) in [6.45, 7) is 5.28. The van der Waals surface area contributed by atoms with Crippen molar-refractivity contribution in [3.8, 4) is 0 Å². The fraction of sp³-hybridized carbons (Fsp3) is 0.371. The van der Waals surface area contributed by atoms with Gasteiger partial charge in [-0.3, -0.25) is 24.6 Å². The maximum atomic E-state index is 16.0. The van der Waals surface area contributed by atoms with E-state index in [9.17, 15) is 19.7 Å². The van der Waals surface area contributed by atoms with Crippen LogP contribution in [-0.4, -0.2) is 95.6 Å². The second-order valence-corrected chi connectivity index (χ2v) is 13.0. The number of ether oxygens (including phenoxy) is 1. The lowest BCUT2D eigenvalue weighted by molar-refractivity contribution is -0.384. The molecule has 8 rings (SSSR count). The number of hydrogen-bond acceptors (Lipinski definition) is 10. The van der Waals surface area contributed by atoms with Gasteiger partial charge >= 0.3 is 0 Å². The Labute approximate surface area is 283 Å². The monoisotopic (exact) mass is 685 g/mol. The number of carbonyl (C=O) groups excluding carboxylic acids is 1. The Morgan fingerprint density at radius 1 is 1.06 bits per heavy atom. The van der Waals surface area contributed by atoms with E-state index in [-0.39, 0.29) is 33.5 Å². The average molecular weight is 686 g/mol. The van der Waals surface area contributed by atoms with Gasteiger partial charge in [0.05, 0.1) is 46.1 Å². The van der Waals surface area contributed by atoms with Crippen LogP contribution in [0.5, 0.6) is 0 Å². The first kappa shape index (κ1) is 32.0. The first-order chi connectivity index (χ1) is 24.2. The van der Waals surface area contributed by atoms with Gasteiger partial charge in [0, 0.05) is 63.2 Å². The van der Waals surface area contributed by atoms with Crippen molar-refractivity contribution in [1.29, 1.82) is 0 Å². The van der Waals surface area contributed by atoms with Gasteiger partial charge in [-0.2, -0.15) is 0 Å². The van der Waals surface area contributed by atoms with E-state index in [1.807, 2.05) is 0 Å². The number of anilines is 1. The van der Waals surface area contributed by atoms with Crippen LogP contribution in [-0.2, 0) is 4.74 Å². The van der Waals surface area contributed by atoms with E-state index in [1.54, 1.807) is 22.6 Å². The second kappa shape index (κ2) is 12.9. The minimum absolute atomic E-state index is 0.0113. The highest BCUT2D eigenvalue weighted by molar-refractivity contribution is 6.07. The lowest BCUT2D eigenvalue weighted by Gasteiger charge is -2.26. The molecule has 5 heterocycles. The normalized spacial score (nSPS) is 17.4. The van der Waals surface area contributed by atoms with Crippen LogP contribution in [0.25, 0.3) is 49.8 Å². The van der Waals surface area contributed by atoms with Crippen molar-refractivity contribution in [2.24, 2.45) is 0 Å². The molecule has 0 bridgehead atoms. The lowest BCUT2D eigenvalue weighted by Crippen LogP contribution is -2.39. The van der Waals surface area contributed by atoms with Gasteiger partial charge in [-0.25, -0.2) is 4.39 Å². The SMILES string of the molecule is CN1CCCC1CCNC(=O)c1cn2c3cc4oc5cc([N+](=O)[O-])ccc5[nH]c4cc3oc3c(NCCN4CCOCC4)c(F)cc(c1=O)c32. The summed E-state index contributed by atoms with van der Waals surface area (Å²) in [5.74, 6) is -1.24. The standard InChI is InChI=1S/C35H36FN7O7/c1-40-9-2-3-20(40)6-7-38-35(45)23-19-42-27-18-29-26(39-25-5-4-21(43(46)47)15-28(25)49-29)17-30(27)50-34-31(24(36)16-22(32(34)42)33(23)44)37-8-10-41-11-13-48-14-12-41/h4-5,15-20,37,39H,2-3,6-14H2,1H3,(H,38,45). The van der Waals surface area contributed by atoms with Crippen LogP contribution < -0.4 is 16.1 Å². The van der Waals surface area contributed by atoms with Gasteiger partial charge in [-0.05, 0) is 45.0 Å². The highest BCUT2D eigenvalue weighted by atomic mass is 19.1. The molecule has 2 aliphatic heterocycles. The summed E-state index contributed by atoms with van der Waals surface area (Å²) in [5, 5.41) is 17.5. The zero-order chi connectivity index (χ0) is 34.5. The molecule has 0 saturated carbocycles. The lowest BCUT2D eigenvalue weighted by atomic mass is 10.1. The third-order valence-electron chi connectivity index (χ3n) is 9.91. The molecule has 3 aromatic carbocycles. The number of nitrogens with zero attached hydrogens (tertiary/aromatic N) is 4. The molecule has 0 aliphatic carbocycles. The molecule has 6 aromatic rings. The number of nitrogens with one attached hydrogen (secondary N) is 3. The Kier molecular flexibility index (Phi) is 8.25. The number of aromatic nitrogens is 2. The number of carbonyl (C=O) groups is 1. The maximum absolute atomic E-state index is 16.0. The molecular formula is C35H36FN7O7. The number of benzene rings is 3. The number of rotatable bonds is 9. The summed E-state index contributed by atoms with van der Waals surface area (Å²) in [6, 6.07) is 9.12. The van der Waals surface area contributed by atoms with Crippen LogP contribution in [0.2, 0.25) is 0 Å². The van der Waals surface area contributed by atoms with Crippen molar-refractivity contribution in [2.45, 2.75) is 25.3 Å². The molecule has 3 aromatic heterocycles. The van der Waals surface area contributed by atoms with Crippen LogP contribution in [0.3, 0.4) is 0 Å². The van der Waals surface area contributed by atoms with Gasteiger partial charge in [0.1, 0.15) is 16.8 Å². The van der Waals surface area contributed by atoms with Crippen LogP contribution in [0, 0.1) is 15.9 Å². The molecule has 1 atom stereocenters. The van der Waals surface area contributed by atoms with Gasteiger partial charge in [0.15, 0.2) is 28.1 Å². The number of H-pyrrole nitrogens is 1. The molecular weight excluding hydrogens is 649 g/mol. The van der Waals surface area contributed by atoms with Crippen molar-refractivity contribution in [3.05, 3.63) is 74.3 Å². The number of pyridine rings is 1. The van der Waals surface area contributed by atoms with E-state index in [0.29, 0.717) is 72.1 Å². The van der Waals surface area contributed by atoms with Crippen molar-refractivity contribution in [1.82, 2.24) is 24.5 Å². The Morgan fingerprint density at radius 3 is 2.66 bits per heavy atom. The molecule has 2 fully saturated rings. The summed E-state index contributed by atoms with van der Waals surface area (Å²) in [4.78, 5) is 46.1. The van der Waals surface area contributed by atoms with Crippen LogP contribution in [0.4, 0.5) is 15.8 Å². The first-order valence-corrected chi connectivity index (χ1v) is 16.8. The average Bonchev–Trinajstić information content (AvgIpc) is 3.52. The Bertz CT molecular complexity index is 2390. The number of hydrogen-bond donors (Lipinski definition) is 3. The fourth-order valence-electron chi connectivity index (χ4n) is 7.18. The zero-order valence-corrected chi connectivity index (χ0v) is 27.4. The molecule has 1 amide bonds. The van der Waals surface area contributed by atoms with E-state index in [4.69, 9.17) is 13.6 Å². The number of amides is 1. The minimum atomic E-state index is -0.682. The Balaban J connectivity index is 1.27. The number of nitro groups is 1. The summed E-state index contributed by atoms with van der Waals surface area (Å²) in [6.07, 6.45) is 4.36. The second-order valence-electron chi connectivity index (χ2n) is 13.0. The van der Waals surface area contributed by atoms with Crippen LogP contribution in [0.15, 0.2) is 56.2 Å². The van der Waals surface area contributed by atoms with Gasteiger partial charge in [0.25, 0.3) is 11.6 Å². The smallest absolute Gasteiger partial charge is 0.273 e. The summed E-state index contributed by atoms with van der Waals surface area (Å²) in [5.41, 5.74) is 2.02. The molecule has 3 N–H and O–H groups in total. The third kappa shape index (κ3) is 5.76. The Morgan fingerprint density at radius 2 is 1.88 bits per heavy atom. The minimum Gasteiger partial charge on any atom is -0.453 e. The van der Waals surface area contributed by atoms with Gasteiger partial charge < -0.3 is 38.5 Å². The third-order valence-corrected chi connectivity index (χ3v) is 9.91. The van der Waals surface area contributed by atoms with E-state index in [1.165, 1.54) is 18.3 Å². The summed E-state index contributed by atoms with van der Waals surface area (Å²) in [7, 11) is 2.06. The predicted octanol–water partition coefficient (Wildman–Crippen LogP) is 4.99. The predicted molar refractivity (Wildman–Crippen MR) is 186 cm³/mol. The van der Waals surface area contributed by atoms with Crippen LogP contribution in [0.1, 0.15) is 29.6 Å². The van der Waals surface area contributed by atoms with Crippen LogP contribution >= 0.6 is 0 Å².